The van der Waals surface area contributed by atoms with Gasteiger partial charge in [0.25, 0.3) is 0 Å². The summed E-state index contributed by atoms with van der Waals surface area (Å²) >= 11 is 0. The highest BCUT2D eigenvalue weighted by atomic mass is 19.1. The van der Waals surface area contributed by atoms with Crippen LogP contribution in [0.2, 0.25) is 0 Å². The molecule has 0 nitrogen and oxygen atoms in total. The van der Waals surface area contributed by atoms with Crippen LogP contribution in [0.4, 0.5) is 8.78 Å². The average Bonchev–Trinajstić information content (AvgIpc) is 2.84. The van der Waals surface area contributed by atoms with Crippen molar-refractivity contribution >= 4 is 0 Å². The van der Waals surface area contributed by atoms with Crippen LogP contribution in [0.3, 0.4) is 0 Å². The topological polar surface area (TPSA) is 0 Å². The molecule has 3 fully saturated rings. The third kappa shape index (κ3) is 6.17. The Kier molecular flexibility index (Phi) is 8.83. The number of benzene rings is 1. The van der Waals surface area contributed by atoms with Gasteiger partial charge in [-0.3, -0.25) is 0 Å². The molecule has 4 atom stereocenters. The second-order valence-corrected chi connectivity index (χ2v) is 11.3. The fourth-order valence-electron chi connectivity index (χ4n) is 7.48. The van der Waals surface area contributed by atoms with Crippen LogP contribution in [0.1, 0.15) is 107 Å². The lowest BCUT2D eigenvalue weighted by atomic mass is 9.60. The smallest absolute Gasteiger partial charge is 0.129 e. The summed E-state index contributed by atoms with van der Waals surface area (Å²) in [5, 5.41) is 0. The van der Waals surface area contributed by atoms with Gasteiger partial charge in [0.1, 0.15) is 11.6 Å². The van der Waals surface area contributed by atoms with E-state index >= 15 is 0 Å². The number of rotatable bonds is 8. The number of hydrogen-bond donors (Lipinski definition) is 0. The van der Waals surface area contributed by atoms with Crippen molar-refractivity contribution in [2.75, 3.05) is 0 Å². The summed E-state index contributed by atoms with van der Waals surface area (Å²) in [5.41, 5.74) is 1.14. The van der Waals surface area contributed by atoms with Crippen molar-refractivity contribution in [3.63, 3.8) is 0 Å². The van der Waals surface area contributed by atoms with Crippen LogP contribution in [0, 0.1) is 41.2 Å². The average molecular weight is 455 g/mol. The lowest BCUT2D eigenvalue weighted by molar-refractivity contribution is 0.0621. The summed E-state index contributed by atoms with van der Waals surface area (Å²) in [6.45, 7) is 5.84. The van der Waals surface area contributed by atoms with E-state index in [-0.39, 0.29) is 17.2 Å². The predicted octanol–water partition coefficient (Wildman–Crippen LogP) is 9.55. The first kappa shape index (κ1) is 24.7. The molecule has 3 saturated carbocycles. The lowest BCUT2D eigenvalue weighted by Gasteiger charge is -2.45. The van der Waals surface area contributed by atoms with Gasteiger partial charge in [-0.25, -0.2) is 8.78 Å². The van der Waals surface area contributed by atoms with Crippen molar-refractivity contribution in [2.45, 2.75) is 103 Å². The van der Waals surface area contributed by atoms with Crippen molar-refractivity contribution in [1.29, 1.82) is 0 Å². The summed E-state index contributed by atoms with van der Waals surface area (Å²) in [4.78, 5) is 0. The molecule has 33 heavy (non-hydrogen) atoms. The van der Waals surface area contributed by atoms with Gasteiger partial charge in [0, 0.05) is 5.56 Å². The van der Waals surface area contributed by atoms with Crippen LogP contribution in [0.15, 0.2) is 36.9 Å². The standard InChI is InChI=1S/C31H44F2/c1-3-5-7-9-29-30(32)20-28(21-31(29)33)24-14-12-23(13-15-24)26-17-16-25-18-22(8-6-4-2)10-11-27(25)19-26/h3-5,20-27H,2,6-19H2,1H3/b5-3+. The molecular weight excluding hydrogens is 410 g/mol. The normalized spacial score (nSPS) is 32.6. The summed E-state index contributed by atoms with van der Waals surface area (Å²) in [7, 11) is 0. The van der Waals surface area contributed by atoms with Crippen molar-refractivity contribution in [3.8, 4) is 0 Å². The quantitative estimate of drug-likeness (QED) is 0.343. The van der Waals surface area contributed by atoms with Gasteiger partial charge in [0.2, 0.25) is 0 Å². The third-order valence-electron chi connectivity index (χ3n) is 9.41. The van der Waals surface area contributed by atoms with Gasteiger partial charge in [-0.1, -0.05) is 24.6 Å². The SMILES string of the molecule is C=CCCC1CCC2CC(C3CCC(c4cc(F)c(CC/C=C/C)c(F)c4)CC3)CCC2C1. The maximum absolute atomic E-state index is 14.6. The molecule has 4 unspecified atom stereocenters. The van der Waals surface area contributed by atoms with E-state index in [1.165, 1.54) is 64.2 Å². The van der Waals surface area contributed by atoms with Crippen LogP contribution in [-0.4, -0.2) is 0 Å². The maximum atomic E-state index is 14.6. The first-order valence-electron chi connectivity index (χ1n) is 13.8. The van der Waals surface area contributed by atoms with E-state index in [0.29, 0.717) is 18.8 Å². The van der Waals surface area contributed by atoms with E-state index in [9.17, 15) is 8.78 Å². The molecule has 3 aliphatic rings. The predicted molar refractivity (Wildman–Crippen MR) is 135 cm³/mol. The Labute approximate surface area is 200 Å². The van der Waals surface area contributed by atoms with Crippen LogP contribution in [0.5, 0.6) is 0 Å². The molecular formula is C31H44F2. The van der Waals surface area contributed by atoms with Crippen molar-refractivity contribution < 1.29 is 8.78 Å². The largest absolute Gasteiger partial charge is 0.207 e. The van der Waals surface area contributed by atoms with E-state index in [1.54, 1.807) is 12.1 Å². The summed E-state index contributed by atoms with van der Waals surface area (Å²) in [6.07, 6.45) is 22.9. The molecule has 1 aromatic carbocycles. The second-order valence-electron chi connectivity index (χ2n) is 11.3. The Bertz CT molecular complexity index is 778. The molecule has 0 spiro atoms. The molecule has 182 valence electrons. The van der Waals surface area contributed by atoms with E-state index in [2.05, 4.69) is 12.7 Å². The Morgan fingerprint density at radius 2 is 1.42 bits per heavy atom. The molecule has 4 rings (SSSR count). The van der Waals surface area contributed by atoms with Gasteiger partial charge in [-0.05, 0) is 144 Å². The van der Waals surface area contributed by atoms with Gasteiger partial charge in [-0.2, -0.15) is 0 Å². The highest BCUT2D eigenvalue weighted by Crippen LogP contribution is 2.50. The summed E-state index contributed by atoms with van der Waals surface area (Å²) in [5.74, 6) is 4.21. The Morgan fingerprint density at radius 1 is 0.818 bits per heavy atom. The fraction of sp³-hybridized carbons (Fsp3) is 0.677. The summed E-state index contributed by atoms with van der Waals surface area (Å²) in [6, 6.07) is 3.27. The highest BCUT2D eigenvalue weighted by molar-refractivity contribution is 5.29. The molecule has 0 N–H and O–H groups in total. The highest BCUT2D eigenvalue weighted by Gasteiger charge is 2.38. The van der Waals surface area contributed by atoms with Gasteiger partial charge >= 0.3 is 0 Å². The van der Waals surface area contributed by atoms with Crippen LogP contribution >= 0.6 is 0 Å². The zero-order valence-electron chi connectivity index (χ0n) is 20.7. The molecule has 0 aliphatic heterocycles. The van der Waals surface area contributed by atoms with Gasteiger partial charge in [0.05, 0.1) is 0 Å². The van der Waals surface area contributed by atoms with Crippen LogP contribution < -0.4 is 0 Å². The van der Waals surface area contributed by atoms with E-state index in [4.69, 9.17) is 0 Å². The van der Waals surface area contributed by atoms with Crippen LogP contribution in [-0.2, 0) is 6.42 Å². The summed E-state index contributed by atoms with van der Waals surface area (Å²) < 4.78 is 29.3. The number of fused-ring (bicyclic) bond motifs is 1. The Morgan fingerprint density at radius 3 is 2.09 bits per heavy atom. The molecule has 0 saturated heterocycles. The molecule has 3 aliphatic carbocycles. The number of halogens is 2. The molecule has 2 heteroatoms. The number of allylic oxidation sites excluding steroid dienone is 3. The van der Waals surface area contributed by atoms with E-state index < -0.39 is 0 Å². The third-order valence-corrected chi connectivity index (χ3v) is 9.41. The maximum Gasteiger partial charge on any atom is 0.129 e. The van der Waals surface area contributed by atoms with E-state index in [1.807, 2.05) is 19.1 Å². The van der Waals surface area contributed by atoms with Crippen molar-refractivity contribution in [3.05, 3.63) is 59.7 Å². The molecule has 0 heterocycles. The minimum atomic E-state index is -0.348. The van der Waals surface area contributed by atoms with Crippen molar-refractivity contribution in [2.24, 2.45) is 29.6 Å². The van der Waals surface area contributed by atoms with E-state index in [0.717, 1.165) is 48.0 Å². The molecule has 0 bridgehead atoms. The van der Waals surface area contributed by atoms with Crippen molar-refractivity contribution in [1.82, 2.24) is 0 Å². The van der Waals surface area contributed by atoms with Gasteiger partial charge < -0.3 is 0 Å². The fourth-order valence-corrected chi connectivity index (χ4v) is 7.48. The Hall–Kier alpha value is -1.44. The van der Waals surface area contributed by atoms with Crippen LogP contribution in [0.25, 0.3) is 0 Å². The number of hydrogen-bond acceptors (Lipinski definition) is 0. The zero-order valence-corrected chi connectivity index (χ0v) is 20.7. The molecule has 1 aromatic rings. The lowest BCUT2D eigenvalue weighted by Crippen LogP contribution is -2.34. The molecule has 0 aromatic heterocycles. The van der Waals surface area contributed by atoms with Gasteiger partial charge in [0.15, 0.2) is 0 Å². The zero-order chi connectivity index (χ0) is 23.2. The minimum absolute atomic E-state index is 0.251. The Balaban J connectivity index is 1.28. The first-order valence-corrected chi connectivity index (χ1v) is 13.8. The molecule has 0 radical (unpaired) electrons. The minimum Gasteiger partial charge on any atom is -0.207 e. The first-order chi connectivity index (χ1) is 16.1. The second kappa shape index (κ2) is 11.8. The van der Waals surface area contributed by atoms with Gasteiger partial charge in [-0.15, -0.1) is 6.58 Å². The monoisotopic (exact) mass is 454 g/mol. The molecule has 0 amide bonds.